The number of H-pyrrole nitrogens is 1. The number of carbonyl (C=O) groups excluding carboxylic acids is 1. The maximum absolute atomic E-state index is 13.0. The maximum atomic E-state index is 13.0. The van der Waals surface area contributed by atoms with Crippen LogP contribution < -0.4 is 11.0 Å². The first-order valence-electron chi connectivity index (χ1n) is 10.6. The molecule has 2 N–H and O–H groups in total. The van der Waals surface area contributed by atoms with Crippen LogP contribution in [0.1, 0.15) is 27.4 Å². The van der Waals surface area contributed by atoms with Gasteiger partial charge in [-0.2, -0.15) is 15.3 Å². The molecule has 3 aromatic heterocycles. The molecule has 0 aliphatic heterocycles. The van der Waals surface area contributed by atoms with E-state index in [4.69, 9.17) is 4.42 Å². The Hall–Kier alpha value is -4.79. The van der Waals surface area contributed by atoms with Gasteiger partial charge in [-0.05, 0) is 30.7 Å². The van der Waals surface area contributed by atoms with Crippen molar-refractivity contribution in [1.29, 1.82) is 0 Å². The third kappa shape index (κ3) is 4.14. The average molecular weight is 452 g/mol. The van der Waals surface area contributed by atoms with Crippen LogP contribution in [0.4, 0.5) is 0 Å². The molecule has 2 aromatic carbocycles. The number of aryl methyl sites for hydroxylation is 1. The van der Waals surface area contributed by atoms with Crippen LogP contribution in [0.3, 0.4) is 0 Å². The van der Waals surface area contributed by atoms with Crippen molar-refractivity contribution >= 4 is 22.9 Å². The van der Waals surface area contributed by atoms with Gasteiger partial charge in [0.15, 0.2) is 11.5 Å². The first-order valence-corrected chi connectivity index (χ1v) is 10.6. The topological polar surface area (TPSA) is 118 Å². The molecule has 0 fully saturated rings. The monoisotopic (exact) mass is 452 g/mol. The predicted molar refractivity (Wildman–Crippen MR) is 128 cm³/mol. The lowest BCUT2D eigenvalue weighted by Crippen LogP contribution is -2.29. The summed E-state index contributed by atoms with van der Waals surface area (Å²) in [5, 5.41) is 16.2. The number of carbonyl (C=O) groups is 1. The van der Waals surface area contributed by atoms with E-state index in [0.29, 0.717) is 27.8 Å². The van der Waals surface area contributed by atoms with E-state index < -0.39 is 5.91 Å². The number of hydrogen-bond donors (Lipinski definition) is 2. The number of rotatable bonds is 6. The molecule has 0 unspecified atom stereocenters. The zero-order chi connectivity index (χ0) is 23.5. The van der Waals surface area contributed by atoms with Crippen molar-refractivity contribution in [2.45, 2.75) is 13.5 Å². The Bertz CT molecular complexity index is 1560. The Morgan fingerprint density at radius 3 is 2.62 bits per heavy atom. The molecular formula is C25H20N6O3. The number of hydrazone groups is 1. The summed E-state index contributed by atoms with van der Waals surface area (Å²) in [6.45, 7) is 2.09. The second kappa shape index (κ2) is 8.99. The number of furan rings is 1. The highest BCUT2D eigenvalue weighted by molar-refractivity contribution is 6.05. The fourth-order valence-electron chi connectivity index (χ4n) is 3.64. The molecule has 0 spiro atoms. The second-order valence-corrected chi connectivity index (χ2v) is 7.65. The molecule has 0 saturated carbocycles. The van der Waals surface area contributed by atoms with Gasteiger partial charge in [0.25, 0.3) is 11.5 Å². The lowest BCUT2D eigenvalue weighted by molar-refractivity contribution is 0.0949. The van der Waals surface area contributed by atoms with Gasteiger partial charge in [0.05, 0.1) is 24.3 Å². The number of hydrogen-bond acceptors (Lipinski definition) is 6. The van der Waals surface area contributed by atoms with Gasteiger partial charge in [-0.3, -0.25) is 14.7 Å². The Balaban J connectivity index is 1.44. The van der Waals surface area contributed by atoms with Crippen molar-refractivity contribution in [3.63, 3.8) is 0 Å². The molecule has 34 heavy (non-hydrogen) atoms. The number of nitrogens with zero attached hydrogens (tertiary/aromatic N) is 4. The van der Waals surface area contributed by atoms with E-state index in [9.17, 15) is 9.59 Å². The van der Waals surface area contributed by atoms with E-state index in [1.54, 1.807) is 30.5 Å². The van der Waals surface area contributed by atoms with Gasteiger partial charge in [-0.25, -0.2) is 10.1 Å². The number of amides is 1. The van der Waals surface area contributed by atoms with Crippen LogP contribution >= 0.6 is 0 Å². The molecule has 0 atom stereocenters. The molecule has 168 valence electrons. The first kappa shape index (κ1) is 21.1. The van der Waals surface area contributed by atoms with Crippen molar-refractivity contribution in [2.24, 2.45) is 5.10 Å². The van der Waals surface area contributed by atoms with Crippen LogP contribution in [0.5, 0.6) is 0 Å². The highest BCUT2D eigenvalue weighted by Crippen LogP contribution is 2.22. The van der Waals surface area contributed by atoms with Crippen LogP contribution in [0.25, 0.3) is 22.2 Å². The molecule has 9 heteroatoms. The maximum Gasteiger partial charge on any atom is 0.292 e. The molecule has 3 heterocycles. The molecule has 1 amide bonds. The number of fused-ring (bicyclic) bond motifs is 1. The highest BCUT2D eigenvalue weighted by Gasteiger charge is 2.17. The molecular weight excluding hydrogens is 432 g/mol. The van der Waals surface area contributed by atoms with Crippen molar-refractivity contribution in [1.82, 2.24) is 25.4 Å². The molecule has 0 aliphatic carbocycles. The van der Waals surface area contributed by atoms with Crippen molar-refractivity contribution in [3.05, 3.63) is 106 Å². The standard InChI is InChI=1S/C25H20N6O3/c1-16-11-12-21(34-16)22-18(13-26-28-22)14-27-29-24(32)23-19-9-5-6-10-20(19)25(33)31(30-23)15-17-7-3-2-4-8-17/h2-14H,15H2,1H3,(H,26,28)(H,29,32)/b27-14+. The van der Waals surface area contributed by atoms with Gasteiger partial charge in [0.2, 0.25) is 0 Å². The van der Waals surface area contributed by atoms with Crippen LogP contribution in [-0.4, -0.2) is 32.1 Å². The number of aromatic amines is 1. The lowest BCUT2D eigenvalue weighted by atomic mass is 10.1. The van der Waals surface area contributed by atoms with Crippen molar-refractivity contribution in [3.8, 4) is 11.5 Å². The summed E-state index contributed by atoms with van der Waals surface area (Å²) in [4.78, 5) is 26.0. The van der Waals surface area contributed by atoms with E-state index in [0.717, 1.165) is 11.3 Å². The minimum atomic E-state index is -0.534. The molecule has 0 radical (unpaired) electrons. The second-order valence-electron chi connectivity index (χ2n) is 7.65. The van der Waals surface area contributed by atoms with Gasteiger partial charge in [0, 0.05) is 10.9 Å². The normalized spacial score (nSPS) is 11.3. The summed E-state index contributed by atoms with van der Waals surface area (Å²) in [6.07, 6.45) is 3.05. The number of nitrogens with one attached hydrogen (secondary N) is 2. The molecule has 5 aromatic rings. The first-order chi connectivity index (χ1) is 16.6. The van der Waals surface area contributed by atoms with Gasteiger partial charge >= 0.3 is 0 Å². The van der Waals surface area contributed by atoms with E-state index in [1.165, 1.54) is 10.9 Å². The quantitative estimate of drug-likeness (QED) is 0.302. The third-order valence-corrected chi connectivity index (χ3v) is 5.28. The summed E-state index contributed by atoms with van der Waals surface area (Å²) in [5.74, 6) is 0.848. The van der Waals surface area contributed by atoms with E-state index >= 15 is 0 Å². The lowest BCUT2D eigenvalue weighted by Gasteiger charge is -2.10. The van der Waals surface area contributed by atoms with E-state index in [2.05, 4.69) is 25.8 Å². The zero-order valence-corrected chi connectivity index (χ0v) is 18.2. The highest BCUT2D eigenvalue weighted by atomic mass is 16.3. The van der Waals surface area contributed by atoms with Crippen LogP contribution in [0.2, 0.25) is 0 Å². The van der Waals surface area contributed by atoms with Gasteiger partial charge < -0.3 is 4.42 Å². The van der Waals surface area contributed by atoms with Gasteiger partial charge in [0.1, 0.15) is 11.5 Å². The largest absolute Gasteiger partial charge is 0.460 e. The SMILES string of the molecule is Cc1ccc(-c2[nH]ncc2/C=N/NC(=O)c2nn(Cc3ccccc3)c(=O)c3ccccc23)o1. The molecule has 9 nitrogen and oxygen atoms in total. The van der Waals surface area contributed by atoms with Crippen molar-refractivity contribution in [2.75, 3.05) is 0 Å². The Labute approximate surface area is 193 Å². The smallest absolute Gasteiger partial charge is 0.292 e. The fraction of sp³-hybridized carbons (Fsp3) is 0.0800. The Kier molecular flexibility index (Phi) is 5.57. The summed E-state index contributed by atoms with van der Waals surface area (Å²) >= 11 is 0. The number of aromatic nitrogens is 4. The number of benzene rings is 2. The molecule has 0 saturated heterocycles. The predicted octanol–water partition coefficient (Wildman–Crippen LogP) is 3.50. The van der Waals surface area contributed by atoms with Crippen LogP contribution in [-0.2, 0) is 6.54 Å². The minimum Gasteiger partial charge on any atom is -0.460 e. The summed E-state index contributed by atoms with van der Waals surface area (Å²) < 4.78 is 6.92. The Morgan fingerprint density at radius 2 is 1.85 bits per heavy atom. The minimum absolute atomic E-state index is 0.109. The van der Waals surface area contributed by atoms with E-state index in [-0.39, 0.29) is 17.8 Å². The molecule has 0 bridgehead atoms. The van der Waals surface area contributed by atoms with Crippen LogP contribution in [0.15, 0.2) is 87.2 Å². The van der Waals surface area contributed by atoms with Crippen molar-refractivity contribution < 1.29 is 9.21 Å². The molecule has 5 rings (SSSR count). The third-order valence-electron chi connectivity index (χ3n) is 5.28. The summed E-state index contributed by atoms with van der Waals surface area (Å²) in [5.41, 5.74) is 4.53. The van der Waals surface area contributed by atoms with E-state index in [1.807, 2.05) is 49.4 Å². The van der Waals surface area contributed by atoms with Gasteiger partial charge in [-0.1, -0.05) is 48.5 Å². The summed E-state index contributed by atoms with van der Waals surface area (Å²) in [6, 6.07) is 20.0. The Morgan fingerprint density at radius 1 is 1.09 bits per heavy atom. The molecule has 0 aliphatic rings. The average Bonchev–Trinajstić information content (AvgIpc) is 3.50. The summed E-state index contributed by atoms with van der Waals surface area (Å²) in [7, 11) is 0. The van der Waals surface area contributed by atoms with Crippen LogP contribution in [0, 0.1) is 6.92 Å². The zero-order valence-electron chi connectivity index (χ0n) is 18.2. The fourth-order valence-corrected chi connectivity index (χ4v) is 3.64. The van der Waals surface area contributed by atoms with Gasteiger partial charge in [-0.15, -0.1) is 0 Å².